The summed E-state index contributed by atoms with van der Waals surface area (Å²) in [6.45, 7) is 14.2. The van der Waals surface area contributed by atoms with Gasteiger partial charge in [-0.2, -0.15) is 0 Å². The molecule has 2 N–H and O–H groups in total. The summed E-state index contributed by atoms with van der Waals surface area (Å²) in [5.41, 5.74) is 0.189. The lowest BCUT2D eigenvalue weighted by Gasteiger charge is -2.25. The van der Waals surface area contributed by atoms with E-state index in [-0.39, 0.29) is 11.0 Å². The zero-order valence-corrected chi connectivity index (χ0v) is 12.6. The van der Waals surface area contributed by atoms with Crippen LogP contribution in [-0.4, -0.2) is 37.8 Å². The minimum absolute atomic E-state index is 0.0298. The Hall–Kier alpha value is -0.770. The Bertz CT molecular complexity index is 275. The molecule has 0 radical (unpaired) electrons. The Balaban J connectivity index is 2.47. The fraction of sp³-hybridized carbons (Fsp3) is 0.929. The summed E-state index contributed by atoms with van der Waals surface area (Å²) in [6, 6.07) is 0. The van der Waals surface area contributed by atoms with Crippen LogP contribution in [0.1, 0.15) is 47.5 Å². The lowest BCUT2D eigenvalue weighted by Crippen LogP contribution is -2.45. The molecule has 18 heavy (non-hydrogen) atoms. The van der Waals surface area contributed by atoms with Crippen molar-refractivity contribution in [2.45, 2.75) is 53.1 Å². The molecular weight excluding hydrogens is 226 g/mol. The van der Waals surface area contributed by atoms with E-state index in [1.54, 1.807) is 0 Å². The van der Waals surface area contributed by atoms with Gasteiger partial charge < -0.3 is 15.4 Å². The molecule has 0 aromatic carbocycles. The number of nitrogens with zero attached hydrogens (tertiary/aromatic N) is 1. The number of nitrogens with one attached hydrogen (secondary N) is 2. The van der Waals surface area contributed by atoms with Gasteiger partial charge in [-0.25, -0.2) is 0 Å². The lowest BCUT2D eigenvalue weighted by molar-refractivity contribution is 0.0242. The third-order valence-corrected chi connectivity index (χ3v) is 2.99. The highest BCUT2D eigenvalue weighted by Gasteiger charge is 2.29. The molecule has 4 heteroatoms. The first-order valence-corrected chi connectivity index (χ1v) is 7.01. The van der Waals surface area contributed by atoms with Crippen LogP contribution in [0.15, 0.2) is 4.99 Å². The van der Waals surface area contributed by atoms with Gasteiger partial charge in [0.25, 0.3) is 0 Å². The van der Waals surface area contributed by atoms with Crippen LogP contribution in [0.3, 0.4) is 0 Å². The molecule has 1 saturated heterocycles. The normalized spacial score (nSPS) is 25.3. The van der Waals surface area contributed by atoms with E-state index in [4.69, 9.17) is 4.74 Å². The summed E-state index contributed by atoms with van der Waals surface area (Å²) in [4.78, 5) is 4.62. The number of rotatable bonds is 4. The summed E-state index contributed by atoms with van der Waals surface area (Å²) in [5.74, 6) is 0.893. The highest BCUT2D eigenvalue weighted by Crippen LogP contribution is 2.23. The summed E-state index contributed by atoms with van der Waals surface area (Å²) in [6.07, 6.45) is 2.28. The molecular formula is C14H29N3O. The maximum Gasteiger partial charge on any atom is 0.191 e. The van der Waals surface area contributed by atoms with Gasteiger partial charge in [-0.05, 0) is 32.1 Å². The monoisotopic (exact) mass is 255 g/mol. The Kier molecular flexibility index (Phi) is 5.45. The minimum Gasteiger partial charge on any atom is -0.373 e. The number of aliphatic imine (C=N–C) groups is 1. The highest BCUT2D eigenvalue weighted by molar-refractivity contribution is 5.79. The Morgan fingerprint density at radius 3 is 2.56 bits per heavy atom. The first kappa shape index (κ1) is 15.3. The zero-order valence-electron chi connectivity index (χ0n) is 12.6. The quantitative estimate of drug-likeness (QED) is 0.598. The van der Waals surface area contributed by atoms with Crippen molar-refractivity contribution in [2.75, 3.05) is 26.2 Å². The molecule has 1 fully saturated rings. The molecule has 1 atom stereocenters. The summed E-state index contributed by atoms with van der Waals surface area (Å²) in [7, 11) is 0. The van der Waals surface area contributed by atoms with Gasteiger partial charge >= 0.3 is 0 Å². The average Bonchev–Trinajstić information content (AvgIpc) is 2.69. The molecule has 1 heterocycles. The molecule has 0 spiro atoms. The number of hydrogen-bond acceptors (Lipinski definition) is 2. The first-order chi connectivity index (χ1) is 8.35. The van der Waals surface area contributed by atoms with Crippen LogP contribution in [-0.2, 0) is 4.74 Å². The van der Waals surface area contributed by atoms with Crippen LogP contribution in [0.2, 0.25) is 0 Å². The zero-order chi connectivity index (χ0) is 13.6. The molecule has 1 aliphatic heterocycles. The van der Waals surface area contributed by atoms with Crippen molar-refractivity contribution in [1.82, 2.24) is 10.6 Å². The van der Waals surface area contributed by atoms with Crippen molar-refractivity contribution in [3.8, 4) is 0 Å². The molecule has 1 rings (SSSR count). The van der Waals surface area contributed by atoms with Gasteiger partial charge in [0.05, 0.1) is 5.60 Å². The van der Waals surface area contributed by atoms with Gasteiger partial charge in [0.1, 0.15) is 0 Å². The van der Waals surface area contributed by atoms with Gasteiger partial charge in [-0.3, -0.25) is 4.99 Å². The minimum atomic E-state index is -0.0298. The summed E-state index contributed by atoms with van der Waals surface area (Å²) >= 11 is 0. The summed E-state index contributed by atoms with van der Waals surface area (Å²) in [5, 5.41) is 6.67. The first-order valence-electron chi connectivity index (χ1n) is 7.01. The smallest absolute Gasteiger partial charge is 0.191 e. The number of guanidine groups is 1. The third kappa shape index (κ3) is 5.71. The van der Waals surface area contributed by atoms with E-state index in [0.29, 0.717) is 0 Å². The average molecular weight is 255 g/mol. The van der Waals surface area contributed by atoms with Gasteiger partial charge in [-0.1, -0.05) is 20.8 Å². The van der Waals surface area contributed by atoms with E-state index in [9.17, 15) is 0 Å². The molecule has 0 saturated carbocycles. The third-order valence-electron chi connectivity index (χ3n) is 2.99. The second-order valence-electron chi connectivity index (χ2n) is 6.51. The molecule has 4 nitrogen and oxygen atoms in total. The van der Waals surface area contributed by atoms with Gasteiger partial charge in [0, 0.05) is 26.2 Å². The molecule has 0 amide bonds. The van der Waals surface area contributed by atoms with E-state index in [0.717, 1.165) is 45.0 Å². The predicted molar refractivity (Wildman–Crippen MR) is 77.0 cm³/mol. The molecule has 1 aliphatic rings. The molecule has 0 aliphatic carbocycles. The predicted octanol–water partition coefficient (Wildman–Crippen LogP) is 2.16. The second-order valence-corrected chi connectivity index (χ2v) is 6.51. The lowest BCUT2D eigenvalue weighted by atomic mass is 9.97. The standard InChI is InChI=1S/C14H29N3O/c1-6-15-12(16-10-13(2,3)4)17-11-14(5)8-7-9-18-14/h6-11H2,1-5H3,(H2,15,16,17). The topological polar surface area (TPSA) is 45.7 Å². The van der Waals surface area contributed by atoms with Crippen molar-refractivity contribution in [1.29, 1.82) is 0 Å². The van der Waals surface area contributed by atoms with Gasteiger partial charge in [-0.15, -0.1) is 0 Å². The Labute approximate surface area is 112 Å². The van der Waals surface area contributed by atoms with Gasteiger partial charge in [0.2, 0.25) is 0 Å². The Morgan fingerprint density at radius 2 is 2.06 bits per heavy atom. The SMILES string of the molecule is CCNC(=NCC(C)(C)C)NCC1(C)CCCO1. The molecule has 0 aromatic rings. The van der Waals surface area contributed by atoms with Crippen LogP contribution in [0, 0.1) is 5.41 Å². The fourth-order valence-corrected chi connectivity index (χ4v) is 1.90. The van der Waals surface area contributed by atoms with Crippen molar-refractivity contribution in [2.24, 2.45) is 10.4 Å². The van der Waals surface area contributed by atoms with Crippen LogP contribution < -0.4 is 10.6 Å². The Morgan fingerprint density at radius 1 is 1.33 bits per heavy atom. The highest BCUT2D eigenvalue weighted by atomic mass is 16.5. The number of ether oxygens (including phenoxy) is 1. The van der Waals surface area contributed by atoms with E-state index in [1.807, 2.05) is 0 Å². The van der Waals surface area contributed by atoms with Crippen molar-refractivity contribution in [3.05, 3.63) is 0 Å². The molecule has 0 bridgehead atoms. The van der Waals surface area contributed by atoms with Crippen LogP contribution in [0.4, 0.5) is 0 Å². The molecule has 0 aromatic heterocycles. The van der Waals surface area contributed by atoms with Crippen molar-refractivity contribution >= 4 is 5.96 Å². The van der Waals surface area contributed by atoms with E-state index < -0.39 is 0 Å². The van der Waals surface area contributed by atoms with E-state index >= 15 is 0 Å². The van der Waals surface area contributed by atoms with Crippen molar-refractivity contribution < 1.29 is 4.74 Å². The van der Waals surface area contributed by atoms with E-state index in [1.165, 1.54) is 0 Å². The summed E-state index contributed by atoms with van der Waals surface area (Å²) < 4.78 is 5.77. The van der Waals surface area contributed by atoms with Crippen LogP contribution >= 0.6 is 0 Å². The van der Waals surface area contributed by atoms with Gasteiger partial charge in [0.15, 0.2) is 5.96 Å². The van der Waals surface area contributed by atoms with Crippen LogP contribution in [0.25, 0.3) is 0 Å². The number of hydrogen-bond donors (Lipinski definition) is 2. The largest absolute Gasteiger partial charge is 0.373 e. The second kappa shape index (κ2) is 6.41. The van der Waals surface area contributed by atoms with Crippen LogP contribution in [0.5, 0.6) is 0 Å². The van der Waals surface area contributed by atoms with E-state index in [2.05, 4.69) is 50.2 Å². The molecule has 1 unspecified atom stereocenters. The van der Waals surface area contributed by atoms with Crippen molar-refractivity contribution in [3.63, 3.8) is 0 Å². The maximum atomic E-state index is 5.77. The fourth-order valence-electron chi connectivity index (χ4n) is 1.90. The maximum absolute atomic E-state index is 5.77. The molecule has 106 valence electrons.